The van der Waals surface area contributed by atoms with Crippen LogP contribution in [0.25, 0.3) is 11.1 Å². The number of cyclic esters (lactones) is 1. The van der Waals surface area contributed by atoms with Crippen molar-refractivity contribution in [3.8, 4) is 11.1 Å². The Morgan fingerprint density at radius 1 is 0.964 bits per heavy atom. The predicted octanol–water partition coefficient (Wildman–Crippen LogP) is 4.18. The summed E-state index contributed by atoms with van der Waals surface area (Å²) in [5.41, 5.74) is 3.19. The zero-order valence-corrected chi connectivity index (χ0v) is 15.4. The lowest BCUT2D eigenvalue weighted by Gasteiger charge is -2.25. The Labute approximate surface area is 163 Å². The van der Waals surface area contributed by atoms with E-state index in [1.807, 2.05) is 42.5 Å². The Morgan fingerprint density at radius 3 is 2.46 bits per heavy atom. The predicted molar refractivity (Wildman–Crippen MR) is 104 cm³/mol. The van der Waals surface area contributed by atoms with Gasteiger partial charge >= 0.3 is 5.97 Å². The molecule has 2 aromatic carbocycles. The van der Waals surface area contributed by atoms with Crippen LogP contribution in [0, 0.1) is 0 Å². The molecule has 0 aliphatic carbocycles. The van der Waals surface area contributed by atoms with Crippen molar-refractivity contribution in [3.05, 3.63) is 84.3 Å². The minimum Gasteiger partial charge on any atom is -0.467 e. The van der Waals surface area contributed by atoms with Gasteiger partial charge in [0.2, 0.25) is 0 Å². The van der Waals surface area contributed by atoms with Crippen molar-refractivity contribution in [1.29, 1.82) is 0 Å². The fraction of sp³-hybridized carbons (Fsp3) is 0.217. The molecular formula is C23H21NO4. The molecule has 1 saturated heterocycles. The van der Waals surface area contributed by atoms with Gasteiger partial charge in [-0.2, -0.15) is 0 Å². The number of ether oxygens (including phenoxy) is 1. The van der Waals surface area contributed by atoms with Gasteiger partial charge in [0.05, 0.1) is 12.8 Å². The molecule has 1 aromatic heterocycles. The molecule has 0 radical (unpaired) electrons. The summed E-state index contributed by atoms with van der Waals surface area (Å²) in [6.07, 6.45) is 1.58. The van der Waals surface area contributed by atoms with Crippen LogP contribution in [0.5, 0.6) is 0 Å². The van der Waals surface area contributed by atoms with Crippen LogP contribution in [0.15, 0.2) is 77.4 Å². The molecule has 142 valence electrons. The largest absolute Gasteiger partial charge is 0.467 e. The number of benzene rings is 2. The van der Waals surface area contributed by atoms with Crippen molar-refractivity contribution >= 4 is 11.9 Å². The number of carbonyl (C=O) groups excluding carboxylic acids is 2. The molecule has 0 unspecified atom stereocenters. The second-order valence-electron chi connectivity index (χ2n) is 6.81. The van der Waals surface area contributed by atoms with E-state index < -0.39 is 6.10 Å². The van der Waals surface area contributed by atoms with Gasteiger partial charge in [-0.1, -0.05) is 54.6 Å². The molecule has 0 saturated carbocycles. The number of rotatable bonds is 6. The fourth-order valence-electron chi connectivity index (χ4n) is 3.47. The van der Waals surface area contributed by atoms with Crippen LogP contribution in [0.1, 0.15) is 24.2 Å². The zero-order chi connectivity index (χ0) is 19.3. The van der Waals surface area contributed by atoms with Crippen molar-refractivity contribution < 1.29 is 18.7 Å². The number of hydrogen-bond acceptors (Lipinski definition) is 4. The van der Waals surface area contributed by atoms with Crippen LogP contribution >= 0.6 is 0 Å². The first-order chi connectivity index (χ1) is 13.7. The first-order valence-corrected chi connectivity index (χ1v) is 9.34. The third-order valence-corrected chi connectivity index (χ3v) is 4.86. The lowest BCUT2D eigenvalue weighted by molar-refractivity contribution is -0.153. The summed E-state index contributed by atoms with van der Waals surface area (Å²) in [6, 6.07) is 21.7. The van der Waals surface area contributed by atoms with E-state index >= 15 is 0 Å². The molecule has 1 aliphatic rings. The number of esters is 1. The maximum Gasteiger partial charge on any atom is 0.306 e. The lowest BCUT2D eigenvalue weighted by Crippen LogP contribution is -2.38. The van der Waals surface area contributed by atoms with E-state index in [4.69, 9.17) is 9.15 Å². The van der Waals surface area contributed by atoms with Crippen molar-refractivity contribution in [3.63, 3.8) is 0 Å². The highest BCUT2D eigenvalue weighted by Gasteiger charge is 2.33. The molecule has 5 heteroatoms. The Morgan fingerprint density at radius 2 is 1.75 bits per heavy atom. The SMILES string of the molecule is O=C1CC[C@H](C(=O)N(Cc2ccco2)Cc2ccccc2-c2ccccc2)O1. The average molecular weight is 375 g/mol. The van der Waals surface area contributed by atoms with Gasteiger partial charge in [-0.3, -0.25) is 9.59 Å². The number of carbonyl (C=O) groups is 2. The third-order valence-electron chi connectivity index (χ3n) is 4.86. The molecule has 1 fully saturated rings. The van der Waals surface area contributed by atoms with Crippen LogP contribution in [0.4, 0.5) is 0 Å². The molecule has 0 spiro atoms. The van der Waals surface area contributed by atoms with E-state index in [-0.39, 0.29) is 18.3 Å². The van der Waals surface area contributed by atoms with Crippen molar-refractivity contribution in [2.75, 3.05) is 0 Å². The first kappa shape index (κ1) is 18.0. The van der Waals surface area contributed by atoms with Crippen molar-refractivity contribution in [2.24, 2.45) is 0 Å². The van der Waals surface area contributed by atoms with Gasteiger partial charge in [-0.15, -0.1) is 0 Å². The number of amides is 1. The van der Waals surface area contributed by atoms with Crippen LogP contribution in [0.3, 0.4) is 0 Å². The maximum absolute atomic E-state index is 13.1. The molecule has 2 heterocycles. The minimum atomic E-state index is -0.716. The number of hydrogen-bond donors (Lipinski definition) is 0. The summed E-state index contributed by atoms with van der Waals surface area (Å²) in [6.45, 7) is 0.724. The van der Waals surface area contributed by atoms with Gasteiger partial charge in [0.25, 0.3) is 5.91 Å². The molecule has 1 aliphatic heterocycles. The lowest BCUT2D eigenvalue weighted by atomic mass is 9.99. The monoisotopic (exact) mass is 375 g/mol. The van der Waals surface area contributed by atoms with Crippen LogP contribution in [0.2, 0.25) is 0 Å². The number of furan rings is 1. The molecule has 1 atom stereocenters. The molecule has 5 nitrogen and oxygen atoms in total. The normalized spacial score (nSPS) is 16.0. The van der Waals surface area contributed by atoms with E-state index in [1.54, 1.807) is 17.2 Å². The maximum atomic E-state index is 13.1. The summed E-state index contributed by atoms with van der Waals surface area (Å²) in [5.74, 6) is 0.181. The smallest absolute Gasteiger partial charge is 0.306 e. The molecule has 1 amide bonds. The molecule has 28 heavy (non-hydrogen) atoms. The highest BCUT2D eigenvalue weighted by molar-refractivity contribution is 5.86. The summed E-state index contributed by atoms with van der Waals surface area (Å²) in [7, 11) is 0. The molecule has 3 aromatic rings. The standard InChI is InChI=1S/C23H21NO4/c25-22-13-12-21(28-22)23(26)24(16-19-10-6-14-27-19)15-18-9-4-5-11-20(18)17-7-2-1-3-8-17/h1-11,14,21H,12-13,15-16H2/t21-/m1/s1. The van der Waals surface area contributed by atoms with Gasteiger partial charge < -0.3 is 14.1 Å². The Hall–Kier alpha value is -3.34. The van der Waals surface area contributed by atoms with E-state index in [1.165, 1.54) is 0 Å². The van der Waals surface area contributed by atoms with Gasteiger partial charge in [-0.05, 0) is 28.8 Å². The minimum absolute atomic E-state index is 0.190. The second-order valence-corrected chi connectivity index (χ2v) is 6.81. The molecule has 4 rings (SSSR count). The Kier molecular flexibility index (Phi) is 5.24. The Balaban J connectivity index is 1.63. The zero-order valence-electron chi connectivity index (χ0n) is 15.4. The molecule has 0 N–H and O–H groups in total. The van der Waals surface area contributed by atoms with Crippen molar-refractivity contribution in [2.45, 2.75) is 32.0 Å². The van der Waals surface area contributed by atoms with E-state index in [0.717, 1.165) is 16.7 Å². The first-order valence-electron chi connectivity index (χ1n) is 9.34. The van der Waals surface area contributed by atoms with E-state index in [0.29, 0.717) is 25.3 Å². The summed E-state index contributed by atoms with van der Waals surface area (Å²) in [5, 5.41) is 0. The van der Waals surface area contributed by atoms with Gasteiger partial charge in [0.1, 0.15) is 5.76 Å². The topological polar surface area (TPSA) is 59.8 Å². The molecule has 0 bridgehead atoms. The second kappa shape index (κ2) is 8.13. The van der Waals surface area contributed by atoms with Crippen molar-refractivity contribution in [1.82, 2.24) is 4.90 Å². The van der Waals surface area contributed by atoms with E-state index in [2.05, 4.69) is 18.2 Å². The summed E-state index contributed by atoms with van der Waals surface area (Å²) in [4.78, 5) is 26.3. The highest BCUT2D eigenvalue weighted by atomic mass is 16.6. The molecular weight excluding hydrogens is 354 g/mol. The van der Waals surface area contributed by atoms with Crippen LogP contribution in [-0.4, -0.2) is 22.9 Å². The fourth-order valence-corrected chi connectivity index (χ4v) is 3.47. The average Bonchev–Trinajstić information content (AvgIpc) is 3.40. The quantitative estimate of drug-likeness (QED) is 0.607. The summed E-state index contributed by atoms with van der Waals surface area (Å²) >= 11 is 0. The van der Waals surface area contributed by atoms with Gasteiger partial charge in [-0.25, -0.2) is 0 Å². The highest BCUT2D eigenvalue weighted by Crippen LogP contribution is 2.26. The third kappa shape index (κ3) is 3.98. The number of nitrogens with zero attached hydrogens (tertiary/aromatic N) is 1. The Bertz CT molecular complexity index is 950. The van der Waals surface area contributed by atoms with Gasteiger partial charge in [0.15, 0.2) is 6.10 Å². The van der Waals surface area contributed by atoms with Gasteiger partial charge in [0, 0.05) is 19.4 Å². The van der Waals surface area contributed by atoms with Crippen LogP contribution in [-0.2, 0) is 27.4 Å². The van der Waals surface area contributed by atoms with Crippen LogP contribution < -0.4 is 0 Å². The summed E-state index contributed by atoms with van der Waals surface area (Å²) < 4.78 is 10.7. The van der Waals surface area contributed by atoms with E-state index in [9.17, 15) is 9.59 Å².